The van der Waals surface area contributed by atoms with Gasteiger partial charge in [0.05, 0.1) is 19.4 Å². The molecule has 3 fully saturated rings. The molecular formula is C32H40O10. The van der Waals surface area contributed by atoms with E-state index in [1.807, 2.05) is 33.8 Å². The van der Waals surface area contributed by atoms with Crippen molar-refractivity contribution >= 4 is 29.7 Å². The number of hydrogen-bond acceptors (Lipinski definition) is 10. The lowest BCUT2D eigenvalue weighted by Gasteiger charge is -2.64. The van der Waals surface area contributed by atoms with E-state index in [0.717, 1.165) is 5.57 Å². The van der Waals surface area contributed by atoms with Crippen molar-refractivity contribution in [2.24, 2.45) is 39.9 Å². The van der Waals surface area contributed by atoms with Crippen LogP contribution in [0.1, 0.15) is 67.2 Å². The Morgan fingerprint density at radius 2 is 1.79 bits per heavy atom. The predicted octanol–water partition coefficient (Wildman–Crippen LogP) is 3.36. The number of ether oxygens (including phenoxy) is 4. The molecule has 0 unspecified atom stereocenters. The number of esters is 4. The number of aliphatic hydroxyl groups excluding tert-OH is 1. The summed E-state index contributed by atoms with van der Waals surface area (Å²) in [6.07, 6.45) is 2.56. The third-order valence-electron chi connectivity index (χ3n) is 11.1. The maximum absolute atomic E-state index is 14.4. The van der Waals surface area contributed by atoms with Gasteiger partial charge in [-0.25, -0.2) is 9.59 Å². The Morgan fingerprint density at radius 3 is 2.38 bits per heavy atom. The van der Waals surface area contributed by atoms with Crippen molar-refractivity contribution < 1.29 is 48.0 Å². The van der Waals surface area contributed by atoms with Crippen LogP contribution in [0.5, 0.6) is 0 Å². The van der Waals surface area contributed by atoms with Crippen LogP contribution in [0.4, 0.5) is 0 Å². The topological polar surface area (TPSA) is 142 Å². The second kappa shape index (κ2) is 10.2. The van der Waals surface area contributed by atoms with Crippen molar-refractivity contribution in [2.75, 3.05) is 7.11 Å². The molecule has 2 heterocycles. The van der Waals surface area contributed by atoms with E-state index in [4.69, 9.17) is 18.9 Å². The highest BCUT2D eigenvalue weighted by molar-refractivity contribution is 5.94. The zero-order chi connectivity index (χ0) is 30.9. The first-order chi connectivity index (χ1) is 19.6. The predicted molar refractivity (Wildman–Crippen MR) is 147 cm³/mol. The van der Waals surface area contributed by atoms with Crippen molar-refractivity contribution in [1.29, 1.82) is 0 Å². The van der Waals surface area contributed by atoms with E-state index in [2.05, 4.69) is 0 Å². The fourth-order valence-corrected chi connectivity index (χ4v) is 8.68. The number of carbonyl (C=O) groups is 5. The molecule has 0 aromatic heterocycles. The van der Waals surface area contributed by atoms with Gasteiger partial charge in [-0.05, 0) is 44.4 Å². The largest absolute Gasteiger partial charge is 0.469 e. The van der Waals surface area contributed by atoms with Gasteiger partial charge in [-0.1, -0.05) is 45.4 Å². The standard InChI is InChI=1S/C32H40O10/c1-8-15(2)28(37)42-26-17-11-16-19(32(6,25(17)36)21(30(26,3)4)14-22(33)39-7)9-10-31(5)20(16)13-24(35)40-27(31)18-12-23(34)41-29(18)38/h8,11-12,17,19-21,26-27,29,38H,9-10,13-14H2,1-7H3/b15-8+/t17-,19-,20+,21+,26-,27+,29-,31-,32-/m1/s1. The first-order valence-corrected chi connectivity index (χ1v) is 14.6. The van der Waals surface area contributed by atoms with Gasteiger partial charge in [-0.15, -0.1) is 0 Å². The molecule has 42 heavy (non-hydrogen) atoms. The van der Waals surface area contributed by atoms with Gasteiger partial charge >= 0.3 is 23.9 Å². The lowest BCUT2D eigenvalue weighted by atomic mass is 9.40. The summed E-state index contributed by atoms with van der Waals surface area (Å²) in [6, 6.07) is 0. The number of carbonyl (C=O) groups excluding carboxylic acids is 5. The third kappa shape index (κ3) is 4.28. The van der Waals surface area contributed by atoms with Crippen molar-refractivity contribution in [2.45, 2.75) is 85.7 Å². The zero-order valence-corrected chi connectivity index (χ0v) is 25.2. The average Bonchev–Trinajstić information content (AvgIpc) is 3.27. The van der Waals surface area contributed by atoms with Crippen molar-refractivity contribution in [3.05, 3.63) is 34.9 Å². The summed E-state index contributed by atoms with van der Waals surface area (Å²) in [5, 5.41) is 10.5. The second-order valence-corrected chi connectivity index (χ2v) is 13.4. The number of aliphatic hydroxyl groups is 1. The van der Waals surface area contributed by atoms with E-state index in [9.17, 15) is 29.1 Å². The van der Waals surface area contributed by atoms with Crippen molar-refractivity contribution in [1.82, 2.24) is 0 Å². The molecule has 0 spiro atoms. The molecule has 10 heteroatoms. The fourth-order valence-electron chi connectivity index (χ4n) is 8.68. The van der Waals surface area contributed by atoms with Crippen molar-refractivity contribution in [3.63, 3.8) is 0 Å². The maximum Gasteiger partial charge on any atom is 0.333 e. The van der Waals surface area contributed by atoms with E-state index in [1.165, 1.54) is 13.2 Å². The summed E-state index contributed by atoms with van der Waals surface area (Å²) >= 11 is 0. The lowest BCUT2D eigenvalue weighted by Crippen LogP contribution is -2.67. The monoisotopic (exact) mass is 584 g/mol. The van der Waals surface area contributed by atoms with E-state index >= 15 is 0 Å². The Bertz CT molecular complexity index is 1340. The van der Waals surface area contributed by atoms with E-state index in [1.54, 1.807) is 19.9 Å². The summed E-state index contributed by atoms with van der Waals surface area (Å²) in [5.74, 6) is -4.26. The normalized spacial score (nSPS) is 40.5. The Morgan fingerprint density at radius 1 is 1.10 bits per heavy atom. The van der Waals surface area contributed by atoms with Crippen LogP contribution < -0.4 is 0 Å². The van der Waals surface area contributed by atoms with Gasteiger partial charge in [0.25, 0.3) is 0 Å². The number of ketones is 1. The van der Waals surface area contributed by atoms with Gasteiger partial charge in [-0.2, -0.15) is 0 Å². The van der Waals surface area contributed by atoms with Crippen LogP contribution in [0.3, 0.4) is 0 Å². The van der Waals surface area contributed by atoms with Gasteiger partial charge in [-0.3, -0.25) is 14.4 Å². The second-order valence-electron chi connectivity index (χ2n) is 13.4. The molecule has 1 N–H and O–H groups in total. The first kappa shape index (κ1) is 30.2. The molecule has 3 aliphatic carbocycles. The maximum atomic E-state index is 14.4. The molecule has 0 aromatic carbocycles. The molecule has 1 saturated heterocycles. The van der Waals surface area contributed by atoms with Crippen LogP contribution in [0.2, 0.25) is 0 Å². The number of methoxy groups -OCH3 is 1. The highest BCUT2D eigenvalue weighted by Gasteiger charge is 2.69. The van der Waals surface area contributed by atoms with Gasteiger partial charge in [0.2, 0.25) is 6.29 Å². The molecule has 10 nitrogen and oxygen atoms in total. The van der Waals surface area contributed by atoms with Gasteiger partial charge < -0.3 is 24.1 Å². The smallest absolute Gasteiger partial charge is 0.333 e. The van der Waals surface area contributed by atoms with Crippen LogP contribution >= 0.6 is 0 Å². The summed E-state index contributed by atoms with van der Waals surface area (Å²) in [6.45, 7) is 11.1. The summed E-state index contributed by atoms with van der Waals surface area (Å²) in [7, 11) is 1.31. The van der Waals surface area contributed by atoms with Crippen LogP contribution in [-0.2, 0) is 42.9 Å². The van der Waals surface area contributed by atoms with Crippen LogP contribution in [-0.4, -0.2) is 60.4 Å². The van der Waals surface area contributed by atoms with E-state index < -0.39 is 70.5 Å². The minimum Gasteiger partial charge on any atom is -0.469 e. The van der Waals surface area contributed by atoms with Gasteiger partial charge in [0.1, 0.15) is 18.0 Å². The minimum atomic E-state index is -1.51. The van der Waals surface area contributed by atoms with Gasteiger partial charge in [0.15, 0.2) is 0 Å². The Labute approximate surface area is 245 Å². The third-order valence-corrected chi connectivity index (χ3v) is 11.1. The number of rotatable bonds is 5. The number of fused-ring (bicyclic) bond motifs is 6. The van der Waals surface area contributed by atoms with E-state index in [-0.39, 0.29) is 36.0 Å². The molecule has 2 saturated carbocycles. The Balaban J connectivity index is 1.66. The van der Waals surface area contributed by atoms with Crippen LogP contribution in [0.15, 0.2) is 34.9 Å². The molecule has 5 aliphatic rings. The molecule has 228 valence electrons. The summed E-state index contributed by atoms with van der Waals surface area (Å²) in [4.78, 5) is 65.3. The summed E-state index contributed by atoms with van der Waals surface area (Å²) < 4.78 is 21.9. The average molecular weight is 585 g/mol. The molecule has 2 aliphatic heterocycles. The first-order valence-electron chi connectivity index (χ1n) is 14.6. The Hall–Kier alpha value is -3.27. The molecule has 0 amide bonds. The fraction of sp³-hybridized carbons (Fsp3) is 0.656. The lowest BCUT2D eigenvalue weighted by molar-refractivity contribution is -0.194. The number of allylic oxidation sites excluding steroid dienone is 2. The molecule has 9 atom stereocenters. The zero-order valence-electron chi connectivity index (χ0n) is 25.2. The Kier molecular flexibility index (Phi) is 7.32. The van der Waals surface area contributed by atoms with Gasteiger partial charge in [0, 0.05) is 39.9 Å². The van der Waals surface area contributed by atoms with E-state index in [0.29, 0.717) is 18.4 Å². The quantitative estimate of drug-likeness (QED) is 0.221. The molecule has 0 aromatic rings. The molecule has 5 rings (SSSR count). The molecule has 2 bridgehead atoms. The highest BCUT2D eigenvalue weighted by Crippen LogP contribution is 2.67. The summed E-state index contributed by atoms with van der Waals surface area (Å²) in [5.41, 5.74) is -0.986. The SMILES string of the molecule is C/C=C(\C)C(=O)O[C@@H]1[C@@H]2C=C3[C@@H](CC[C@]4(C)[C@H]3CC(=O)O[C@H]4C3=CC(=O)O[C@H]3O)[C@@](C)(C2=O)[C@@H](CC(=O)OC)C1(C)C. The number of Topliss-reactive ketones (excluding diaryl/α,β-unsaturated/α-hetero) is 1. The molecular weight excluding hydrogens is 544 g/mol. The van der Waals surface area contributed by atoms with Crippen LogP contribution in [0, 0.1) is 39.9 Å². The highest BCUT2D eigenvalue weighted by atomic mass is 16.6. The van der Waals surface area contributed by atoms with Crippen molar-refractivity contribution in [3.8, 4) is 0 Å². The minimum absolute atomic E-state index is 0.0377. The number of hydrogen-bond donors (Lipinski definition) is 1. The van der Waals surface area contributed by atoms with Crippen LogP contribution in [0.25, 0.3) is 0 Å². The molecule has 0 radical (unpaired) electrons. The number of cyclic esters (lactones) is 2.